The van der Waals surface area contributed by atoms with Gasteiger partial charge in [0.25, 0.3) is 0 Å². The number of hydrogen-bond acceptors (Lipinski definition) is 4. The molecule has 0 bridgehead atoms. The number of carbonyl (C=O) groups excluding carboxylic acids is 2. The fraction of sp³-hybridized carbons (Fsp3) is 0.333. The van der Waals surface area contributed by atoms with E-state index in [4.69, 9.17) is 16.3 Å². The fourth-order valence-corrected chi connectivity index (χ4v) is 5.61. The van der Waals surface area contributed by atoms with Crippen molar-refractivity contribution in [1.29, 1.82) is 0 Å². The minimum atomic E-state index is -0.538. The summed E-state index contributed by atoms with van der Waals surface area (Å²) in [4.78, 5) is 25.0. The van der Waals surface area contributed by atoms with Crippen molar-refractivity contribution >= 4 is 40.3 Å². The second-order valence-corrected chi connectivity index (χ2v) is 9.33. The van der Waals surface area contributed by atoms with E-state index in [-0.39, 0.29) is 5.78 Å². The summed E-state index contributed by atoms with van der Waals surface area (Å²) in [7, 11) is 1.38. The number of aliphatic hydroxyl groups excluding tert-OH is 1. The number of aliphatic hydroxyl groups is 1. The quantitative estimate of drug-likeness (QED) is 0.395. The third kappa shape index (κ3) is 3.79. The third-order valence-corrected chi connectivity index (χ3v) is 7.19. The highest BCUT2D eigenvalue weighted by Gasteiger charge is 2.30. The highest BCUT2D eigenvalue weighted by atomic mass is 35.5. The maximum absolute atomic E-state index is 12.7. The molecule has 1 aromatic heterocycles. The summed E-state index contributed by atoms with van der Waals surface area (Å²) >= 11 is 6.34. The van der Waals surface area contributed by atoms with Crippen molar-refractivity contribution in [2.45, 2.75) is 44.6 Å². The number of benzene rings is 2. The molecule has 1 aliphatic heterocycles. The van der Waals surface area contributed by atoms with Gasteiger partial charge in [0.2, 0.25) is 0 Å². The second-order valence-electron chi connectivity index (χ2n) is 8.89. The Labute approximate surface area is 197 Å². The molecule has 33 heavy (non-hydrogen) atoms. The van der Waals surface area contributed by atoms with E-state index >= 15 is 0 Å². The van der Waals surface area contributed by atoms with Crippen LogP contribution in [0.1, 0.15) is 59.5 Å². The molecule has 1 saturated carbocycles. The van der Waals surface area contributed by atoms with Gasteiger partial charge in [0, 0.05) is 27.1 Å². The molecule has 1 fully saturated rings. The molecule has 0 atom stereocenters. The van der Waals surface area contributed by atoms with Crippen LogP contribution < -0.4 is 0 Å². The lowest BCUT2D eigenvalue weighted by Gasteiger charge is -2.24. The van der Waals surface area contributed by atoms with Crippen LogP contribution in [0.4, 0.5) is 0 Å². The number of aromatic nitrogens is 1. The number of Topliss-reactive ketones (excluding diaryl/α,β-unsaturated/α-hetero) is 1. The molecule has 0 radical (unpaired) electrons. The Bertz CT molecular complexity index is 1300. The molecule has 5 rings (SSSR count). The minimum absolute atomic E-state index is 0.323. The minimum Gasteiger partial charge on any atom is -0.466 e. The van der Waals surface area contributed by atoms with E-state index in [0.29, 0.717) is 28.6 Å². The van der Waals surface area contributed by atoms with Gasteiger partial charge in [0.05, 0.1) is 24.9 Å². The molecule has 0 spiro atoms. The summed E-state index contributed by atoms with van der Waals surface area (Å²) in [5, 5.41) is 11.1. The summed E-state index contributed by atoms with van der Waals surface area (Å²) in [6, 6.07) is 11.4. The van der Waals surface area contributed by atoms with E-state index in [1.54, 1.807) is 6.07 Å². The van der Waals surface area contributed by atoms with Crippen LogP contribution in [0.2, 0.25) is 5.02 Å². The highest BCUT2D eigenvalue weighted by molar-refractivity contribution is 6.30. The van der Waals surface area contributed by atoms with Gasteiger partial charge in [-0.25, -0.2) is 4.79 Å². The van der Waals surface area contributed by atoms with Crippen LogP contribution in [0.5, 0.6) is 0 Å². The average Bonchev–Trinajstić information content (AvgIpc) is 3.06. The van der Waals surface area contributed by atoms with Crippen molar-refractivity contribution in [2.75, 3.05) is 13.7 Å². The molecule has 6 heteroatoms. The molecule has 2 aliphatic rings. The topological polar surface area (TPSA) is 68.5 Å². The number of halogens is 1. The van der Waals surface area contributed by atoms with Gasteiger partial charge in [-0.3, -0.25) is 4.79 Å². The Kier molecular flexibility index (Phi) is 5.85. The zero-order valence-electron chi connectivity index (χ0n) is 18.6. The number of ketones is 1. The van der Waals surface area contributed by atoms with Crippen LogP contribution in [0, 0.1) is 0 Å². The van der Waals surface area contributed by atoms with E-state index in [2.05, 4.69) is 4.57 Å². The van der Waals surface area contributed by atoms with Crippen molar-refractivity contribution < 1.29 is 19.4 Å². The number of ether oxygens (including phenoxy) is 1. The Morgan fingerprint density at radius 1 is 1.12 bits per heavy atom. The first-order chi connectivity index (χ1) is 16.0. The number of nitrogens with zero attached hydrogens (tertiary/aromatic N) is 1. The Hall–Kier alpha value is -2.89. The molecule has 1 N–H and O–H groups in total. The lowest BCUT2D eigenvalue weighted by molar-refractivity contribution is -0.136. The zero-order chi connectivity index (χ0) is 23.1. The van der Waals surface area contributed by atoms with Crippen molar-refractivity contribution in [3.8, 4) is 11.3 Å². The van der Waals surface area contributed by atoms with Gasteiger partial charge in [-0.15, -0.1) is 0 Å². The SMILES string of the molecule is COC(=O)C1=Cc2cc(Cl)ccc2-c2c(C3CCCCC3)c3ccc(C(=O)CO)cc3n2C1. The van der Waals surface area contributed by atoms with Crippen LogP contribution >= 0.6 is 11.6 Å². The number of carbonyl (C=O) groups is 2. The van der Waals surface area contributed by atoms with Gasteiger partial charge < -0.3 is 14.4 Å². The highest BCUT2D eigenvalue weighted by Crippen LogP contribution is 2.46. The van der Waals surface area contributed by atoms with Crippen molar-refractivity contribution in [3.63, 3.8) is 0 Å². The number of esters is 1. The predicted octanol–water partition coefficient (Wildman–Crippen LogP) is 5.75. The maximum Gasteiger partial charge on any atom is 0.335 e. The first kappa shape index (κ1) is 21.9. The van der Waals surface area contributed by atoms with Crippen LogP contribution in [-0.4, -0.2) is 35.1 Å². The van der Waals surface area contributed by atoms with Crippen LogP contribution in [0.15, 0.2) is 42.0 Å². The van der Waals surface area contributed by atoms with Gasteiger partial charge in [-0.05, 0) is 54.2 Å². The molecular formula is C27H26ClNO4. The van der Waals surface area contributed by atoms with Gasteiger partial charge in [0.15, 0.2) is 5.78 Å². The number of rotatable bonds is 4. The maximum atomic E-state index is 12.7. The van der Waals surface area contributed by atoms with Gasteiger partial charge >= 0.3 is 5.97 Å². The molecule has 170 valence electrons. The van der Waals surface area contributed by atoms with Gasteiger partial charge in [-0.2, -0.15) is 0 Å². The molecule has 0 unspecified atom stereocenters. The first-order valence-electron chi connectivity index (χ1n) is 11.4. The standard InChI is InChI=1S/C27H26ClNO4/c1-33-27(32)19-11-18-12-20(28)8-10-21(18)26-25(16-5-3-2-4-6-16)22-9-7-17(24(31)15-30)13-23(22)29(26)14-19/h7-13,16,30H,2-6,14-15H2,1H3. The van der Waals surface area contributed by atoms with E-state index < -0.39 is 12.6 Å². The molecule has 2 heterocycles. The number of methoxy groups -OCH3 is 1. The van der Waals surface area contributed by atoms with E-state index in [1.165, 1.54) is 31.9 Å². The molecular weight excluding hydrogens is 438 g/mol. The molecule has 0 amide bonds. The summed E-state index contributed by atoms with van der Waals surface area (Å²) in [5.41, 5.74) is 6.12. The van der Waals surface area contributed by atoms with Crippen LogP contribution in [0.25, 0.3) is 28.2 Å². The van der Waals surface area contributed by atoms with Crippen LogP contribution in [-0.2, 0) is 16.1 Å². The zero-order valence-corrected chi connectivity index (χ0v) is 19.3. The normalized spacial score (nSPS) is 16.0. The number of fused-ring (bicyclic) bond motifs is 5. The predicted molar refractivity (Wildman–Crippen MR) is 130 cm³/mol. The fourth-order valence-electron chi connectivity index (χ4n) is 5.43. The van der Waals surface area contributed by atoms with Crippen LogP contribution in [0.3, 0.4) is 0 Å². The second kappa shape index (κ2) is 8.81. The third-order valence-electron chi connectivity index (χ3n) is 6.96. The summed E-state index contributed by atoms with van der Waals surface area (Å²) < 4.78 is 7.21. The van der Waals surface area contributed by atoms with Crippen molar-refractivity contribution in [3.05, 3.63) is 63.7 Å². The monoisotopic (exact) mass is 463 g/mol. The largest absolute Gasteiger partial charge is 0.466 e. The smallest absolute Gasteiger partial charge is 0.335 e. The average molecular weight is 464 g/mol. The van der Waals surface area contributed by atoms with E-state index in [1.807, 2.05) is 36.4 Å². The first-order valence-corrected chi connectivity index (χ1v) is 11.8. The molecule has 5 nitrogen and oxygen atoms in total. The number of hydrogen-bond donors (Lipinski definition) is 1. The van der Waals surface area contributed by atoms with Crippen molar-refractivity contribution in [1.82, 2.24) is 4.57 Å². The van der Waals surface area contributed by atoms with Gasteiger partial charge in [0.1, 0.15) is 6.61 Å². The Balaban J connectivity index is 1.85. The lowest BCUT2D eigenvalue weighted by atomic mass is 9.81. The Morgan fingerprint density at radius 2 is 1.91 bits per heavy atom. The molecule has 3 aromatic rings. The van der Waals surface area contributed by atoms with E-state index in [9.17, 15) is 14.7 Å². The summed E-state index contributed by atoms with van der Waals surface area (Å²) in [6.45, 7) is -0.211. The van der Waals surface area contributed by atoms with Crippen molar-refractivity contribution in [2.24, 2.45) is 0 Å². The molecule has 2 aromatic carbocycles. The summed E-state index contributed by atoms with van der Waals surface area (Å²) in [5.74, 6) is -0.311. The molecule has 1 aliphatic carbocycles. The van der Waals surface area contributed by atoms with Gasteiger partial charge in [-0.1, -0.05) is 49.1 Å². The Morgan fingerprint density at radius 3 is 2.64 bits per heavy atom. The van der Waals surface area contributed by atoms with E-state index in [0.717, 1.165) is 40.6 Å². The molecule has 0 saturated heterocycles. The summed E-state index contributed by atoms with van der Waals surface area (Å²) in [6.07, 6.45) is 7.72. The lowest BCUT2D eigenvalue weighted by Crippen LogP contribution is -2.12.